The summed E-state index contributed by atoms with van der Waals surface area (Å²) in [5.74, 6) is 1.11. The van der Waals surface area contributed by atoms with E-state index in [9.17, 15) is 0 Å². The fraction of sp³-hybridized carbons (Fsp3) is 0.455. The van der Waals surface area contributed by atoms with E-state index in [2.05, 4.69) is 16.4 Å². The molecule has 2 rings (SSSR count). The van der Waals surface area contributed by atoms with Crippen molar-refractivity contribution in [3.63, 3.8) is 0 Å². The number of halogens is 1. The molecule has 5 heteroatoms. The highest BCUT2D eigenvalue weighted by atomic mass is 35.5. The first-order valence-electron chi connectivity index (χ1n) is 5.08. The second-order valence-electron chi connectivity index (χ2n) is 3.66. The van der Waals surface area contributed by atoms with Crippen molar-refractivity contribution >= 4 is 12.4 Å². The van der Waals surface area contributed by atoms with Crippen molar-refractivity contribution in [2.24, 2.45) is 5.92 Å². The minimum atomic E-state index is 0. The lowest BCUT2D eigenvalue weighted by Crippen LogP contribution is -2.15. The topological polar surface area (TPSA) is 57.9 Å². The molecule has 0 saturated carbocycles. The number of nitrogens with one attached hydrogen (secondary N) is 1. The van der Waals surface area contributed by atoms with E-state index in [1.54, 1.807) is 18.3 Å². The fourth-order valence-electron chi connectivity index (χ4n) is 1.62. The van der Waals surface area contributed by atoms with Gasteiger partial charge in [-0.3, -0.25) is 0 Å². The number of rotatable bonds is 3. The number of ether oxygens (including phenoxy) is 1. The first-order valence-corrected chi connectivity index (χ1v) is 5.08. The standard InChI is InChI=1S/C11H13N3O.ClH/c12-6-9-2-4-14-11(5-9)15-8-10-1-3-13-7-10;/h2,4-5,10,13H,1,3,7-8H2;1H. The minimum absolute atomic E-state index is 0. The molecule has 0 bridgehead atoms. The molecular weight excluding hydrogens is 226 g/mol. The van der Waals surface area contributed by atoms with Gasteiger partial charge >= 0.3 is 0 Å². The molecule has 1 fully saturated rings. The molecule has 0 aromatic carbocycles. The smallest absolute Gasteiger partial charge is 0.214 e. The Morgan fingerprint density at radius 1 is 1.62 bits per heavy atom. The van der Waals surface area contributed by atoms with Crippen LogP contribution in [0.15, 0.2) is 18.3 Å². The average Bonchev–Trinajstić information content (AvgIpc) is 2.79. The maximum Gasteiger partial charge on any atom is 0.214 e. The Morgan fingerprint density at radius 2 is 2.50 bits per heavy atom. The summed E-state index contributed by atoms with van der Waals surface area (Å²) >= 11 is 0. The Kier molecular flexibility index (Phi) is 5.03. The predicted octanol–water partition coefficient (Wildman–Crippen LogP) is 1.36. The average molecular weight is 240 g/mol. The second kappa shape index (κ2) is 6.31. The van der Waals surface area contributed by atoms with Crippen molar-refractivity contribution in [2.45, 2.75) is 6.42 Å². The van der Waals surface area contributed by atoms with E-state index in [0.29, 0.717) is 24.0 Å². The van der Waals surface area contributed by atoms with Gasteiger partial charge in [0.25, 0.3) is 0 Å². The highest BCUT2D eigenvalue weighted by Gasteiger charge is 2.15. The van der Waals surface area contributed by atoms with Crippen LogP contribution < -0.4 is 10.1 Å². The molecule has 0 aliphatic carbocycles. The molecule has 1 N–H and O–H groups in total. The molecule has 1 aromatic heterocycles. The molecule has 1 aliphatic heterocycles. The Hall–Kier alpha value is -1.31. The summed E-state index contributed by atoms with van der Waals surface area (Å²) in [7, 11) is 0. The first kappa shape index (κ1) is 12.8. The summed E-state index contributed by atoms with van der Waals surface area (Å²) in [5, 5.41) is 12.0. The zero-order valence-corrected chi connectivity index (χ0v) is 9.67. The zero-order chi connectivity index (χ0) is 10.5. The quantitative estimate of drug-likeness (QED) is 0.866. The highest BCUT2D eigenvalue weighted by Crippen LogP contribution is 2.12. The minimum Gasteiger partial charge on any atom is -0.477 e. The molecular formula is C11H14ClN3O. The third kappa shape index (κ3) is 3.37. The lowest BCUT2D eigenvalue weighted by Gasteiger charge is -2.09. The Balaban J connectivity index is 0.00000128. The highest BCUT2D eigenvalue weighted by molar-refractivity contribution is 5.85. The molecule has 86 valence electrons. The van der Waals surface area contributed by atoms with Crippen LogP contribution in [-0.2, 0) is 0 Å². The number of pyridine rings is 1. The van der Waals surface area contributed by atoms with Crippen LogP contribution in [0.3, 0.4) is 0 Å². The van der Waals surface area contributed by atoms with Crippen LogP contribution >= 0.6 is 12.4 Å². The maximum atomic E-state index is 8.70. The van der Waals surface area contributed by atoms with E-state index in [4.69, 9.17) is 10.00 Å². The van der Waals surface area contributed by atoms with Gasteiger partial charge in [-0.25, -0.2) is 4.98 Å². The number of hydrogen-bond donors (Lipinski definition) is 1. The van der Waals surface area contributed by atoms with Gasteiger partial charge in [-0.05, 0) is 19.0 Å². The molecule has 0 amide bonds. The first-order chi connectivity index (χ1) is 7.38. The van der Waals surface area contributed by atoms with Gasteiger partial charge in [0.2, 0.25) is 5.88 Å². The van der Waals surface area contributed by atoms with Gasteiger partial charge in [0.15, 0.2) is 0 Å². The van der Waals surface area contributed by atoms with Crippen LogP contribution in [0, 0.1) is 17.2 Å². The van der Waals surface area contributed by atoms with Crippen molar-refractivity contribution in [3.05, 3.63) is 23.9 Å². The van der Waals surface area contributed by atoms with Crippen LogP contribution in [0.25, 0.3) is 0 Å². The van der Waals surface area contributed by atoms with Gasteiger partial charge < -0.3 is 10.1 Å². The predicted molar refractivity (Wildman–Crippen MR) is 62.7 cm³/mol. The Bertz CT molecular complexity index is 372. The van der Waals surface area contributed by atoms with E-state index < -0.39 is 0 Å². The molecule has 1 atom stereocenters. The summed E-state index contributed by atoms with van der Waals surface area (Å²) in [6.45, 7) is 2.76. The van der Waals surface area contributed by atoms with Gasteiger partial charge in [-0.1, -0.05) is 0 Å². The van der Waals surface area contributed by atoms with Crippen molar-refractivity contribution in [3.8, 4) is 11.9 Å². The lowest BCUT2D eigenvalue weighted by molar-refractivity contribution is 0.251. The summed E-state index contributed by atoms with van der Waals surface area (Å²) < 4.78 is 5.53. The second-order valence-corrected chi connectivity index (χ2v) is 3.66. The molecule has 1 saturated heterocycles. The van der Waals surface area contributed by atoms with Crippen LogP contribution in [0.4, 0.5) is 0 Å². The maximum absolute atomic E-state index is 8.70. The van der Waals surface area contributed by atoms with Crippen LogP contribution in [-0.4, -0.2) is 24.7 Å². The zero-order valence-electron chi connectivity index (χ0n) is 8.85. The molecule has 4 nitrogen and oxygen atoms in total. The van der Waals surface area contributed by atoms with Crippen LogP contribution in [0.5, 0.6) is 5.88 Å². The normalized spacial score (nSPS) is 18.6. The number of nitriles is 1. The van der Waals surface area contributed by atoms with Crippen LogP contribution in [0.2, 0.25) is 0 Å². The van der Waals surface area contributed by atoms with Gasteiger partial charge in [-0.2, -0.15) is 5.26 Å². The van der Waals surface area contributed by atoms with E-state index in [1.165, 1.54) is 0 Å². The summed E-state index contributed by atoms with van der Waals surface area (Å²) in [6.07, 6.45) is 2.75. The van der Waals surface area contributed by atoms with Crippen molar-refractivity contribution in [1.29, 1.82) is 5.26 Å². The van der Waals surface area contributed by atoms with Crippen LogP contribution in [0.1, 0.15) is 12.0 Å². The number of hydrogen-bond acceptors (Lipinski definition) is 4. The molecule has 16 heavy (non-hydrogen) atoms. The summed E-state index contributed by atoms with van der Waals surface area (Å²) in [4.78, 5) is 4.05. The van der Waals surface area contributed by atoms with E-state index in [0.717, 1.165) is 19.5 Å². The summed E-state index contributed by atoms with van der Waals surface area (Å²) in [5.41, 5.74) is 0.588. The molecule has 0 radical (unpaired) electrons. The Labute approximate surface area is 101 Å². The van der Waals surface area contributed by atoms with Crippen molar-refractivity contribution in [1.82, 2.24) is 10.3 Å². The molecule has 0 spiro atoms. The van der Waals surface area contributed by atoms with Gasteiger partial charge in [0, 0.05) is 24.7 Å². The lowest BCUT2D eigenvalue weighted by atomic mass is 10.1. The summed E-state index contributed by atoms with van der Waals surface area (Å²) in [6, 6.07) is 5.40. The molecule has 1 aromatic rings. The third-order valence-corrected chi connectivity index (χ3v) is 2.49. The van der Waals surface area contributed by atoms with Crippen molar-refractivity contribution < 1.29 is 4.74 Å². The third-order valence-electron chi connectivity index (χ3n) is 2.49. The Morgan fingerprint density at radius 3 is 3.19 bits per heavy atom. The van der Waals surface area contributed by atoms with E-state index >= 15 is 0 Å². The monoisotopic (exact) mass is 239 g/mol. The SMILES string of the molecule is Cl.N#Cc1ccnc(OCC2CCNC2)c1. The number of nitrogens with zero attached hydrogens (tertiary/aromatic N) is 2. The molecule has 1 unspecified atom stereocenters. The molecule has 1 aliphatic rings. The fourth-order valence-corrected chi connectivity index (χ4v) is 1.62. The van der Waals surface area contributed by atoms with E-state index in [-0.39, 0.29) is 12.4 Å². The van der Waals surface area contributed by atoms with Gasteiger partial charge in [0.05, 0.1) is 18.2 Å². The van der Waals surface area contributed by atoms with Gasteiger partial charge in [0.1, 0.15) is 0 Å². The largest absolute Gasteiger partial charge is 0.477 e. The van der Waals surface area contributed by atoms with Gasteiger partial charge in [-0.15, -0.1) is 12.4 Å². The molecule has 2 heterocycles. The number of aromatic nitrogens is 1. The van der Waals surface area contributed by atoms with Crippen molar-refractivity contribution in [2.75, 3.05) is 19.7 Å². The van der Waals surface area contributed by atoms with E-state index in [1.807, 2.05) is 0 Å².